The van der Waals surface area contributed by atoms with E-state index in [4.69, 9.17) is 4.74 Å². The normalized spacial score (nSPS) is 26.3. The van der Waals surface area contributed by atoms with Gasteiger partial charge < -0.3 is 23.8 Å². The Morgan fingerprint density at radius 3 is 2.60 bits per heavy atom. The Bertz CT molecular complexity index is 1540. The van der Waals surface area contributed by atoms with Crippen LogP contribution >= 0.6 is 0 Å². The van der Waals surface area contributed by atoms with Crippen LogP contribution in [0.5, 0.6) is 0 Å². The summed E-state index contributed by atoms with van der Waals surface area (Å²) in [5.74, 6) is -0.804. The maximum absolute atomic E-state index is 16.2. The highest BCUT2D eigenvalue weighted by Crippen LogP contribution is 2.60. The quantitative estimate of drug-likeness (QED) is 0.258. The Labute approximate surface area is 265 Å². The summed E-state index contributed by atoms with van der Waals surface area (Å²) in [5.41, 5.74) is 2.06. The van der Waals surface area contributed by atoms with Gasteiger partial charge in [0.2, 0.25) is 14.3 Å². The number of amides is 2. The lowest BCUT2D eigenvalue weighted by molar-refractivity contribution is -0.145. The molecule has 0 bridgehead atoms. The van der Waals surface area contributed by atoms with Crippen LogP contribution in [-0.2, 0) is 26.5 Å². The van der Waals surface area contributed by atoms with E-state index in [1.165, 1.54) is 0 Å². The van der Waals surface area contributed by atoms with E-state index < -0.39 is 31.6 Å². The van der Waals surface area contributed by atoms with E-state index in [0.717, 1.165) is 48.2 Å². The van der Waals surface area contributed by atoms with Gasteiger partial charge in [-0.15, -0.1) is 5.10 Å². The largest absolute Gasteiger partial charge is 0.395 e. The fourth-order valence-corrected chi connectivity index (χ4v) is 10.5. The SMILES string of the molecule is C[C@H]1[C@H]([Si](C)(C)F)[C@@H](CCn2cc(C(CO)c3ccccc3)nn2)O[C@]12C(=O)N(C)c1ccc(N3CCCCCCC3=O)cc12. The maximum atomic E-state index is 16.2. The van der Waals surface area contributed by atoms with Crippen LogP contribution in [0, 0.1) is 5.92 Å². The number of aliphatic hydroxyl groups is 1. The molecule has 0 saturated carbocycles. The molecule has 11 heteroatoms. The van der Waals surface area contributed by atoms with Gasteiger partial charge in [-0.3, -0.25) is 14.3 Å². The number of hydrogen-bond donors (Lipinski definition) is 1. The zero-order valence-electron chi connectivity index (χ0n) is 26.7. The second kappa shape index (κ2) is 12.4. The fraction of sp³-hybridized carbons (Fsp3) is 0.529. The van der Waals surface area contributed by atoms with Gasteiger partial charge in [-0.05, 0) is 56.1 Å². The summed E-state index contributed by atoms with van der Waals surface area (Å²) in [7, 11) is -1.58. The molecule has 240 valence electrons. The van der Waals surface area contributed by atoms with Gasteiger partial charge in [-0.25, -0.2) is 0 Å². The van der Waals surface area contributed by atoms with Crippen molar-refractivity contribution in [2.24, 2.45) is 5.92 Å². The molecule has 2 saturated heterocycles. The molecule has 6 rings (SSSR count). The van der Waals surface area contributed by atoms with Crippen LogP contribution in [0.1, 0.15) is 68.2 Å². The lowest BCUT2D eigenvalue weighted by Crippen LogP contribution is -2.44. The first-order valence-electron chi connectivity index (χ1n) is 16.2. The molecule has 0 radical (unpaired) electrons. The predicted octanol–water partition coefficient (Wildman–Crippen LogP) is 5.54. The van der Waals surface area contributed by atoms with E-state index in [9.17, 15) is 14.7 Å². The molecule has 3 aliphatic rings. The zero-order chi connectivity index (χ0) is 31.9. The van der Waals surface area contributed by atoms with Gasteiger partial charge in [-0.2, -0.15) is 0 Å². The van der Waals surface area contributed by atoms with Crippen molar-refractivity contribution in [1.82, 2.24) is 15.0 Å². The van der Waals surface area contributed by atoms with Gasteiger partial charge in [0.25, 0.3) is 5.91 Å². The third-order valence-corrected chi connectivity index (χ3v) is 12.6. The number of anilines is 2. The Kier molecular flexibility index (Phi) is 8.71. The Hall–Kier alpha value is -3.41. The van der Waals surface area contributed by atoms with Crippen LogP contribution in [0.4, 0.5) is 15.5 Å². The molecule has 1 spiro atoms. The number of benzene rings is 2. The third kappa shape index (κ3) is 5.63. The van der Waals surface area contributed by atoms with Crippen molar-refractivity contribution in [2.75, 3.05) is 30.0 Å². The van der Waals surface area contributed by atoms with Gasteiger partial charge in [-0.1, -0.05) is 55.3 Å². The average Bonchev–Trinajstić information content (AvgIpc) is 3.65. The second-order valence-electron chi connectivity index (χ2n) is 13.4. The summed E-state index contributed by atoms with van der Waals surface area (Å²) in [5, 5.41) is 18.8. The highest BCUT2D eigenvalue weighted by Gasteiger charge is 2.66. The van der Waals surface area contributed by atoms with E-state index in [2.05, 4.69) is 10.3 Å². The summed E-state index contributed by atoms with van der Waals surface area (Å²) >= 11 is 0. The first kappa shape index (κ1) is 31.6. The highest BCUT2D eigenvalue weighted by atomic mass is 28.4. The molecule has 45 heavy (non-hydrogen) atoms. The van der Waals surface area contributed by atoms with Crippen molar-refractivity contribution in [3.05, 3.63) is 71.5 Å². The molecular weight excluding hydrogens is 589 g/mol. The molecule has 1 N–H and O–H groups in total. The zero-order valence-corrected chi connectivity index (χ0v) is 27.7. The number of aromatic nitrogens is 3. The molecule has 5 atom stereocenters. The average molecular weight is 634 g/mol. The molecule has 4 heterocycles. The number of carbonyl (C=O) groups is 2. The van der Waals surface area contributed by atoms with Crippen molar-refractivity contribution in [1.29, 1.82) is 0 Å². The van der Waals surface area contributed by atoms with Gasteiger partial charge in [0.15, 0.2) is 5.60 Å². The van der Waals surface area contributed by atoms with E-state index in [1.807, 2.05) is 66.6 Å². The smallest absolute Gasteiger partial charge is 0.264 e. The number of nitrogens with zero attached hydrogens (tertiary/aromatic N) is 5. The summed E-state index contributed by atoms with van der Waals surface area (Å²) in [6.07, 6.45) is 6.22. The number of rotatable bonds is 8. The first-order valence-corrected chi connectivity index (χ1v) is 19.2. The van der Waals surface area contributed by atoms with E-state index >= 15 is 4.11 Å². The Balaban J connectivity index is 1.29. The van der Waals surface area contributed by atoms with Gasteiger partial charge in [0.05, 0.1) is 30.0 Å². The van der Waals surface area contributed by atoms with Crippen molar-refractivity contribution in [2.45, 2.75) is 88.3 Å². The molecule has 0 aliphatic carbocycles. The molecular formula is C34H44FN5O4Si. The molecule has 3 aromatic rings. The number of aliphatic hydroxyl groups excluding tert-OH is 1. The van der Waals surface area contributed by atoms with Gasteiger partial charge >= 0.3 is 0 Å². The van der Waals surface area contributed by atoms with Crippen LogP contribution in [0.15, 0.2) is 54.7 Å². The van der Waals surface area contributed by atoms with Crippen molar-refractivity contribution < 1.29 is 23.5 Å². The standard InChI is InChI=1S/C34H44FN5O4Si/c1-23-32(45(3,4)35)30(17-19-39-21-28(36-37-39)26(22-41)24-12-8-7-9-13-24)44-34(23)27-20-25(15-16-29(27)38(2)33(34)43)40-18-11-6-5-10-14-31(40)42/h7-9,12-13,15-16,20-21,23,26,30,32,41H,5-6,10-11,14,17-19,22H2,1-4H3/t23-,26?,30+,32-,34+/m0/s1. The predicted molar refractivity (Wildman–Crippen MR) is 173 cm³/mol. The van der Waals surface area contributed by atoms with Crippen LogP contribution in [0.2, 0.25) is 18.6 Å². The summed E-state index contributed by atoms with van der Waals surface area (Å²) in [6, 6.07) is 15.5. The topological polar surface area (TPSA) is 101 Å². The lowest BCUT2D eigenvalue weighted by atomic mass is 9.82. The molecule has 2 amide bonds. The number of ether oxygens (including phenoxy) is 1. The minimum Gasteiger partial charge on any atom is -0.395 e. The molecule has 3 aliphatic heterocycles. The minimum absolute atomic E-state index is 0.0951. The number of aryl methyl sites for hydroxylation is 1. The van der Waals surface area contributed by atoms with Crippen LogP contribution in [0.3, 0.4) is 0 Å². The molecule has 2 fully saturated rings. The molecule has 2 aromatic carbocycles. The molecule has 9 nitrogen and oxygen atoms in total. The third-order valence-electron chi connectivity index (χ3n) is 10.2. The van der Waals surface area contributed by atoms with Gasteiger partial charge in [0.1, 0.15) is 0 Å². The van der Waals surface area contributed by atoms with Gasteiger partial charge in [0, 0.05) is 55.5 Å². The molecule has 1 aromatic heterocycles. The maximum Gasteiger partial charge on any atom is 0.264 e. The molecule has 1 unspecified atom stereocenters. The first-order chi connectivity index (χ1) is 21.6. The number of likely N-dealkylation sites (N-methyl/N-ethyl adjacent to an activating group) is 1. The lowest BCUT2D eigenvalue weighted by Gasteiger charge is -2.31. The van der Waals surface area contributed by atoms with Crippen LogP contribution in [0.25, 0.3) is 0 Å². The number of hydrogen-bond acceptors (Lipinski definition) is 6. The second-order valence-corrected chi connectivity index (χ2v) is 17.2. The van der Waals surface area contributed by atoms with Crippen molar-refractivity contribution >= 4 is 31.6 Å². The number of carbonyl (C=O) groups excluding carboxylic acids is 2. The fourth-order valence-electron chi connectivity index (χ4n) is 7.91. The number of halogens is 1. The number of fused-ring (bicyclic) bond motifs is 2. The summed E-state index contributed by atoms with van der Waals surface area (Å²) in [4.78, 5) is 30.7. The monoisotopic (exact) mass is 633 g/mol. The van der Waals surface area contributed by atoms with Crippen molar-refractivity contribution in [3.8, 4) is 0 Å². The van der Waals surface area contributed by atoms with Crippen molar-refractivity contribution in [3.63, 3.8) is 0 Å². The highest BCUT2D eigenvalue weighted by molar-refractivity contribution is 6.72. The summed E-state index contributed by atoms with van der Waals surface area (Å²) in [6.45, 7) is 6.31. The van der Waals surface area contributed by atoms with E-state index in [-0.39, 0.29) is 24.3 Å². The minimum atomic E-state index is -3.33. The Morgan fingerprint density at radius 1 is 1.11 bits per heavy atom. The summed E-state index contributed by atoms with van der Waals surface area (Å²) < 4.78 is 24.8. The van der Waals surface area contributed by atoms with Crippen LogP contribution < -0.4 is 9.80 Å². The van der Waals surface area contributed by atoms with Crippen LogP contribution in [-0.4, -0.2) is 66.6 Å². The van der Waals surface area contributed by atoms with E-state index in [1.54, 1.807) is 29.7 Å². The van der Waals surface area contributed by atoms with E-state index in [0.29, 0.717) is 31.6 Å². The Morgan fingerprint density at radius 2 is 1.87 bits per heavy atom.